The molecule has 0 aliphatic rings. The lowest BCUT2D eigenvalue weighted by molar-refractivity contribution is -0.121. The van der Waals surface area contributed by atoms with Crippen LogP contribution in [0.2, 0.25) is 0 Å². The van der Waals surface area contributed by atoms with Crippen molar-refractivity contribution >= 4 is 27.5 Å². The van der Waals surface area contributed by atoms with Gasteiger partial charge in [-0.3, -0.25) is 9.59 Å². The second-order valence-corrected chi connectivity index (χ2v) is 8.19. The van der Waals surface area contributed by atoms with E-state index in [2.05, 4.69) is 15.4 Å². The van der Waals surface area contributed by atoms with Crippen molar-refractivity contribution < 1.29 is 18.7 Å². The summed E-state index contributed by atoms with van der Waals surface area (Å²) in [5.41, 5.74) is 1.35. The van der Waals surface area contributed by atoms with Crippen LogP contribution in [0.4, 0.5) is 0 Å². The van der Waals surface area contributed by atoms with Crippen molar-refractivity contribution in [2.24, 2.45) is 0 Å². The van der Waals surface area contributed by atoms with E-state index in [1.54, 1.807) is 26.4 Å². The van der Waals surface area contributed by atoms with Gasteiger partial charge in [0, 0.05) is 6.54 Å². The second kappa shape index (κ2) is 9.23. The lowest BCUT2D eigenvalue weighted by atomic mass is 10.1. The number of methoxy groups -OCH3 is 2. The van der Waals surface area contributed by atoms with Crippen molar-refractivity contribution in [2.75, 3.05) is 20.8 Å². The Balaban J connectivity index is 1.48. The molecule has 1 aromatic carbocycles. The average molecular weight is 455 g/mol. The Bertz CT molecular complexity index is 1310. The summed E-state index contributed by atoms with van der Waals surface area (Å²) < 4.78 is 17.8. The van der Waals surface area contributed by atoms with Crippen molar-refractivity contribution in [3.63, 3.8) is 0 Å². The van der Waals surface area contributed by atoms with E-state index in [9.17, 15) is 9.59 Å². The minimum absolute atomic E-state index is 0.217. The number of carbonyl (C=O) groups is 1. The standard InChI is InChI=1S/C22H22N4O5S/c1-13-24-20-21(32-13)19(16-5-4-10-31-16)25-26(22(20)28)12-18(27)23-9-8-14-6-7-15(29-2)17(11-14)30-3/h4-7,10-11H,8-9,12H2,1-3H3,(H,23,27). The van der Waals surface area contributed by atoms with E-state index in [1.165, 1.54) is 17.6 Å². The summed E-state index contributed by atoms with van der Waals surface area (Å²) >= 11 is 1.37. The zero-order valence-electron chi connectivity index (χ0n) is 17.9. The smallest absolute Gasteiger partial charge is 0.294 e. The zero-order valence-corrected chi connectivity index (χ0v) is 18.7. The van der Waals surface area contributed by atoms with Gasteiger partial charge in [-0.2, -0.15) is 5.10 Å². The molecule has 10 heteroatoms. The van der Waals surface area contributed by atoms with Gasteiger partial charge in [-0.05, 0) is 43.2 Å². The molecular weight excluding hydrogens is 432 g/mol. The first-order valence-corrected chi connectivity index (χ1v) is 10.7. The number of rotatable bonds is 8. The SMILES string of the molecule is COc1ccc(CCNC(=O)Cn2nc(-c3ccco3)c3sc(C)nc3c2=O)cc1OC. The number of thiazole rings is 1. The molecule has 1 N–H and O–H groups in total. The predicted molar refractivity (Wildman–Crippen MR) is 120 cm³/mol. The number of aryl methyl sites for hydroxylation is 1. The maximum absolute atomic E-state index is 12.8. The molecule has 0 unspecified atom stereocenters. The van der Waals surface area contributed by atoms with Gasteiger partial charge >= 0.3 is 0 Å². The molecular formula is C22H22N4O5S. The van der Waals surface area contributed by atoms with Gasteiger partial charge in [-0.1, -0.05) is 6.07 Å². The number of nitrogens with zero attached hydrogens (tertiary/aromatic N) is 3. The lowest BCUT2D eigenvalue weighted by Crippen LogP contribution is -2.35. The third-order valence-corrected chi connectivity index (χ3v) is 5.82. The molecule has 0 bridgehead atoms. The summed E-state index contributed by atoms with van der Waals surface area (Å²) in [6.07, 6.45) is 2.13. The first kappa shape index (κ1) is 21.6. The summed E-state index contributed by atoms with van der Waals surface area (Å²) in [5, 5.41) is 7.96. The summed E-state index contributed by atoms with van der Waals surface area (Å²) in [7, 11) is 3.15. The molecule has 0 fully saturated rings. The van der Waals surface area contributed by atoms with E-state index >= 15 is 0 Å². The molecule has 4 rings (SSSR count). The van der Waals surface area contributed by atoms with Crippen molar-refractivity contribution in [1.29, 1.82) is 0 Å². The number of fused-ring (bicyclic) bond motifs is 1. The molecule has 0 radical (unpaired) electrons. The number of nitrogens with one attached hydrogen (secondary N) is 1. The number of aromatic nitrogens is 3. The molecule has 3 aromatic heterocycles. The molecule has 0 aliphatic heterocycles. The van der Waals surface area contributed by atoms with Crippen LogP contribution in [-0.4, -0.2) is 41.4 Å². The normalized spacial score (nSPS) is 11.0. The monoisotopic (exact) mass is 454 g/mol. The zero-order chi connectivity index (χ0) is 22.7. The van der Waals surface area contributed by atoms with Gasteiger partial charge in [0.1, 0.15) is 12.2 Å². The highest BCUT2D eigenvalue weighted by molar-refractivity contribution is 7.19. The minimum Gasteiger partial charge on any atom is -0.493 e. The van der Waals surface area contributed by atoms with Crippen LogP contribution in [0.1, 0.15) is 10.6 Å². The fraction of sp³-hybridized carbons (Fsp3) is 0.273. The van der Waals surface area contributed by atoms with Crippen LogP contribution in [0.5, 0.6) is 11.5 Å². The fourth-order valence-electron chi connectivity index (χ4n) is 3.32. The Kier molecular flexibility index (Phi) is 6.22. The van der Waals surface area contributed by atoms with Gasteiger partial charge in [0.25, 0.3) is 5.56 Å². The summed E-state index contributed by atoms with van der Waals surface area (Å²) in [6, 6.07) is 9.10. The maximum atomic E-state index is 12.8. The van der Waals surface area contributed by atoms with Crippen LogP contribution < -0.4 is 20.3 Å². The van der Waals surface area contributed by atoms with Crippen LogP contribution in [0.25, 0.3) is 21.7 Å². The molecule has 0 aliphatic carbocycles. The minimum atomic E-state index is -0.408. The molecule has 0 saturated carbocycles. The first-order valence-electron chi connectivity index (χ1n) is 9.90. The Hall–Kier alpha value is -3.66. The van der Waals surface area contributed by atoms with Crippen molar-refractivity contribution in [3.05, 3.63) is 57.5 Å². The lowest BCUT2D eigenvalue weighted by Gasteiger charge is -2.11. The predicted octanol–water partition coefficient (Wildman–Crippen LogP) is 2.80. The topological polar surface area (TPSA) is 108 Å². The highest BCUT2D eigenvalue weighted by atomic mass is 32.1. The number of furan rings is 1. The first-order chi connectivity index (χ1) is 15.5. The van der Waals surface area contributed by atoms with Crippen molar-refractivity contribution in [2.45, 2.75) is 19.9 Å². The number of ether oxygens (including phenoxy) is 2. The van der Waals surface area contributed by atoms with Gasteiger partial charge in [-0.25, -0.2) is 9.67 Å². The second-order valence-electron chi connectivity index (χ2n) is 6.99. The van der Waals surface area contributed by atoms with Crippen LogP contribution in [0, 0.1) is 6.92 Å². The molecule has 166 valence electrons. The van der Waals surface area contributed by atoms with E-state index in [-0.39, 0.29) is 18.0 Å². The van der Waals surface area contributed by atoms with Crippen molar-refractivity contribution in [3.8, 4) is 23.0 Å². The molecule has 32 heavy (non-hydrogen) atoms. The van der Waals surface area contributed by atoms with Gasteiger partial charge in [0.2, 0.25) is 5.91 Å². The van der Waals surface area contributed by atoms with Crippen LogP contribution in [0.15, 0.2) is 45.8 Å². The largest absolute Gasteiger partial charge is 0.493 e. The van der Waals surface area contributed by atoms with Gasteiger partial charge in [0.15, 0.2) is 22.8 Å². The molecule has 9 nitrogen and oxygen atoms in total. The highest BCUT2D eigenvalue weighted by Crippen LogP contribution is 2.29. The molecule has 4 aromatic rings. The highest BCUT2D eigenvalue weighted by Gasteiger charge is 2.19. The third kappa shape index (κ3) is 4.35. The van der Waals surface area contributed by atoms with Crippen molar-refractivity contribution in [1.82, 2.24) is 20.1 Å². The molecule has 0 spiro atoms. The quantitative estimate of drug-likeness (QED) is 0.436. The van der Waals surface area contributed by atoms with Gasteiger partial charge in [0.05, 0.1) is 30.2 Å². The Labute approximate surface area is 187 Å². The van der Waals surface area contributed by atoms with E-state index in [4.69, 9.17) is 13.9 Å². The Morgan fingerprint density at radius 2 is 2.03 bits per heavy atom. The fourth-order valence-corrected chi connectivity index (χ4v) is 4.22. The summed E-state index contributed by atoms with van der Waals surface area (Å²) in [4.78, 5) is 29.7. The number of benzene rings is 1. The van der Waals surface area contributed by atoms with Gasteiger partial charge < -0.3 is 19.2 Å². The average Bonchev–Trinajstić information content (AvgIpc) is 3.45. The maximum Gasteiger partial charge on any atom is 0.294 e. The Morgan fingerprint density at radius 3 is 2.75 bits per heavy atom. The summed E-state index contributed by atoms with van der Waals surface area (Å²) in [5.74, 6) is 1.47. The van der Waals surface area contributed by atoms with Crippen LogP contribution >= 0.6 is 11.3 Å². The Morgan fingerprint density at radius 1 is 1.22 bits per heavy atom. The van der Waals surface area contributed by atoms with Gasteiger partial charge in [-0.15, -0.1) is 11.3 Å². The molecule has 0 saturated heterocycles. The molecule has 1 amide bonds. The summed E-state index contributed by atoms with van der Waals surface area (Å²) in [6.45, 7) is 2.00. The molecule has 0 atom stereocenters. The van der Waals surface area contributed by atoms with E-state index in [0.717, 1.165) is 15.3 Å². The van der Waals surface area contributed by atoms with E-state index in [1.807, 2.05) is 25.1 Å². The number of hydrogen-bond donors (Lipinski definition) is 1. The van der Waals surface area contributed by atoms with E-state index in [0.29, 0.717) is 40.6 Å². The number of carbonyl (C=O) groups excluding carboxylic acids is 1. The van der Waals surface area contributed by atoms with Crippen LogP contribution in [-0.2, 0) is 17.8 Å². The number of hydrogen-bond acceptors (Lipinski definition) is 8. The van der Waals surface area contributed by atoms with Crippen LogP contribution in [0.3, 0.4) is 0 Å². The third-order valence-electron chi connectivity index (χ3n) is 4.84. The molecule has 3 heterocycles. The van der Waals surface area contributed by atoms with E-state index < -0.39 is 5.56 Å². The number of amides is 1.